The molecule has 0 fully saturated rings. The van der Waals surface area contributed by atoms with Crippen LogP contribution in [0.4, 0.5) is 0 Å². The Morgan fingerprint density at radius 1 is 0.657 bits per heavy atom. The van der Waals surface area contributed by atoms with Gasteiger partial charge in [-0.1, -0.05) is 110 Å². The first-order valence-corrected chi connectivity index (χ1v) is 13.4. The van der Waals surface area contributed by atoms with E-state index in [4.69, 9.17) is 9.54 Å². The Balaban J connectivity index is 0.00000342. The van der Waals surface area contributed by atoms with E-state index in [-0.39, 0.29) is 35.3 Å². The molecule has 1 N–H and O–H groups in total. The molecule has 35 heavy (non-hydrogen) atoms. The second-order valence-corrected chi connectivity index (χ2v) is 10.0. The molecule has 0 saturated heterocycles. The van der Waals surface area contributed by atoms with Crippen molar-refractivity contribution in [1.82, 2.24) is 9.55 Å². The Hall–Kier alpha value is -2.22. The average molecular weight is 499 g/mol. The maximum absolute atomic E-state index is 10.9. The molecule has 0 aliphatic carbocycles. The molecule has 0 saturated carbocycles. The van der Waals surface area contributed by atoms with E-state index in [1.165, 1.54) is 0 Å². The number of unbranched alkanes of at least 4 members (excludes halogenated alkanes) is 4. The van der Waals surface area contributed by atoms with Gasteiger partial charge in [0.25, 0.3) is 10.1 Å². The van der Waals surface area contributed by atoms with Crippen molar-refractivity contribution in [2.24, 2.45) is 0 Å². The van der Waals surface area contributed by atoms with Crippen molar-refractivity contribution in [3.63, 3.8) is 0 Å². The minimum absolute atomic E-state index is 0. The van der Waals surface area contributed by atoms with E-state index < -0.39 is 10.1 Å². The molecule has 178 valence electrons. The van der Waals surface area contributed by atoms with Crippen LogP contribution in [-0.4, -0.2) is 57.8 Å². The minimum atomic E-state index is -3.87. The third kappa shape index (κ3) is 7.63. The number of nitrogens with zero attached hydrogens (tertiary/aromatic N) is 2. The molecule has 0 atom stereocenters. The van der Waals surface area contributed by atoms with E-state index in [2.05, 4.69) is 53.1 Å². The summed E-state index contributed by atoms with van der Waals surface area (Å²) in [4.78, 5) is 5.15. The first-order chi connectivity index (χ1) is 16.5. The van der Waals surface area contributed by atoms with Gasteiger partial charge >= 0.3 is 29.6 Å². The molecule has 0 aliphatic rings. The molecule has 1 aromatic heterocycles. The second kappa shape index (κ2) is 13.2. The first-order valence-electron chi connectivity index (χ1n) is 11.7. The monoisotopic (exact) mass is 498 g/mol. The van der Waals surface area contributed by atoms with Gasteiger partial charge in [-0.3, -0.25) is 4.55 Å². The second-order valence-electron chi connectivity index (χ2n) is 8.44. The summed E-state index contributed by atoms with van der Waals surface area (Å²) >= 11 is 0. The van der Waals surface area contributed by atoms with Crippen LogP contribution < -0.4 is 0 Å². The van der Waals surface area contributed by atoms with Gasteiger partial charge in [-0.25, -0.2) is 4.98 Å². The summed E-state index contributed by atoms with van der Waals surface area (Å²) in [6, 6.07) is 31.0. The van der Waals surface area contributed by atoms with Crippen LogP contribution in [0.5, 0.6) is 0 Å². The molecule has 7 heteroatoms. The summed E-state index contributed by atoms with van der Waals surface area (Å²) < 4.78 is 33.1. The molecule has 4 rings (SSSR count). The van der Waals surface area contributed by atoms with Crippen LogP contribution >= 0.6 is 0 Å². The summed E-state index contributed by atoms with van der Waals surface area (Å²) in [5.74, 6) is 0.787. The first kappa shape index (κ1) is 27.4. The summed E-state index contributed by atoms with van der Waals surface area (Å²) in [7, 11) is -3.87. The van der Waals surface area contributed by atoms with E-state index in [1.807, 2.05) is 42.5 Å². The molecule has 0 spiro atoms. The van der Waals surface area contributed by atoms with Crippen molar-refractivity contribution in [1.29, 1.82) is 0 Å². The van der Waals surface area contributed by atoms with E-state index in [0.717, 1.165) is 66.1 Å². The van der Waals surface area contributed by atoms with Gasteiger partial charge in [0.2, 0.25) is 0 Å². The molecule has 0 unspecified atom stereocenters. The number of aromatic nitrogens is 2. The van der Waals surface area contributed by atoms with Crippen LogP contribution in [0.15, 0.2) is 91.0 Å². The Bertz CT molecular complexity index is 1290. The van der Waals surface area contributed by atoms with E-state index in [0.29, 0.717) is 6.42 Å². The summed E-state index contributed by atoms with van der Waals surface area (Å²) in [5.41, 5.74) is 5.37. The Labute approximate surface area is 230 Å². The van der Waals surface area contributed by atoms with Gasteiger partial charge in [0, 0.05) is 23.2 Å². The van der Waals surface area contributed by atoms with Crippen LogP contribution in [-0.2, 0) is 16.7 Å². The summed E-state index contributed by atoms with van der Waals surface area (Å²) in [5, 5.41) is 0. The Morgan fingerprint density at radius 2 is 1.14 bits per heavy atom. The van der Waals surface area contributed by atoms with Gasteiger partial charge in [0.15, 0.2) is 0 Å². The van der Waals surface area contributed by atoms with E-state index in [1.54, 1.807) is 0 Å². The number of hydrogen-bond donors (Lipinski definition) is 1. The van der Waals surface area contributed by atoms with Gasteiger partial charge in [0.05, 0.1) is 17.1 Å². The standard InChI is InChI=1S/C28H30N2O3S.Na.H/c31-34(32,33)22-14-3-1-2-13-21-30-27(24-17-9-5-10-18-24)26(23-15-7-4-8-16-23)29-28(30)25-19-11-6-12-20-25;;/h4-12,15-20H,1-3,13-14,21-22H2,(H,31,32,33);;. The molecular formula is C28H31N2NaO3S. The van der Waals surface area contributed by atoms with Crippen LogP contribution in [0, 0.1) is 0 Å². The Morgan fingerprint density at radius 3 is 1.71 bits per heavy atom. The molecule has 0 amide bonds. The van der Waals surface area contributed by atoms with Crippen LogP contribution in [0.2, 0.25) is 0 Å². The van der Waals surface area contributed by atoms with Gasteiger partial charge in [0.1, 0.15) is 5.82 Å². The molecule has 1 heterocycles. The van der Waals surface area contributed by atoms with E-state index in [9.17, 15) is 8.42 Å². The molecule has 0 radical (unpaired) electrons. The average Bonchev–Trinajstić information content (AvgIpc) is 3.24. The number of hydrogen-bond acceptors (Lipinski definition) is 3. The fourth-order valence-corrected chi connectivity index (χ4v) is 4.82. The van der Waals surface area contributed by atoms with Gasteiger partial charge < -0.3 is 4.57 Å². The predicted octanol–water partition coefficient (Wildman–Crippen LogP) is 6.07. The third-order valence-electron chi connectivity index (χ3n) is 5.88. The molecule has 0 bridgehead atoms. The van der Waals surface area contributed by atoms with Crippen molar-refractivity contribution in [3.05, 3.63) is 91.0 Å². The quantitative estimate of drug-likeness (QED) is 0.155. The number of benzene rings is 3. The van der Waals surface area contributed by atoms with Gasteiger partial charge in [-0.2, -0.15) is 8.42 Å². The molecule has 3 aromatic carbocycles. The van der Waals surface area contributed by atoms with Crippen molar-refractivity contribution in [3.8, 4) is 33.9 Å². The van der Waals surface area contributed by atoms with Crippen LogP contribution in [0.25, 0.3) is 33.9 Å². The third-order valence-corrected chi connectivity index (χ3v) is 6.68. The van der Waals surface area contributed by atoms with Crippen molar-refractivity contribution >= 4 is 39.7 Å². The topological polar surface area (TPSA) is 72.2 Å². The molecule has 5 nitrogen and oxygen atoms in total. The summed E-state index contributed by atoms with van der Waals surface area (Å²) in [6.07, 6.45) is 4.14. The van der Waals surface area contributed by atoms with Gasteiger partial charge in [-0.05, 0) is 12.8 Å². The summed E-state index contributed by atoms with van der Waals surface area (Å²) in [6.45, 7) is 0.812. The molecule has 4 aromatic rings. The van der Waals surface area contributed by atoms with Crippen LogP contribution in [0.1, 0.15) is 32.1 Å². The Kier molecular flexibility index (Phi) is 10.3. The normalized spacial score (nSPS) is 11.2. The van der Waals surface area contributed by atoms with Crippen molar-refractivity contribution < 1.29 is 13.0 Å². The number of imidazole rings is 1. The fraction of sp³-hybridized carbons (Fsp3) is 0.250. The zero-order valence-corrected chi connectivity index (χ0v) is 20.0. The fourth-order valence-electron chi connectivity index (χ4n) is 4.25. The van der Waals surface area contributed by atoms with Crippen LogP contribution in [0.3, 0.4) is 0 Å². The van der Waals surface area contributed by atoms with Gasteiger partial charge in [-0.15, -0.1) is 0 Å². The SMILES string of the molecule is O=S(=O)(O)CCCCCCCn1c(-c2ccccc2)nc(-c2ccccc2)c1-c1ccccc1.[NaH]. The van der Waals surface area contributed by atoms with Crippen molar-refractivity contribution in [2.75, 3.05) is 5.75 Å². The zero-order chi connectivity index (χ0) is 23.8. The molecule has 0 aliphatic heterocycles. The van der Waals surface area contributed by atoms with E-state index >= 15 is 0 Å². The predicted molar refractivity (Wildman–Crippen MR) is 145 cm³/mol. The maximum atomic E-state index is 10.9. The van der Waals surface area contributed by atoms with Crippen molar-refractivity contribution in [2.45, 2.75) is 38.6 Å². The zero-order valence-electron chi connectivity index (χ0n) is 19.2. The number of rotatable bonds is 11. The molecular weight excluding hydrogens is 467 g/mol.